The summed E-state index contributed by atoms with van der Waals surface area (Å²) < 4.78 is 52.3. The average molecular weight is 493 g/mol. The fraction of sp³-hybridized carbons (Fsp3) is 0.136. The van der Waals surface area contributed by atoms with Crippen molar-refractivity contribution < 1.29 is 21.6 Å². The van der Waals surface area contributed by atoms with E-state index in [9.17, 15) is 21.6 Å². The van der Waals surface area contributed by atoms with Crippen LogP contribution in [0.15, 0.2) is 88.7 Å². The van der Waals surface area contributed by atoms with Crippen LogP contribution in [0.5, 0.6) is 0 Å². The first-order valence-corrected chi connectivity index (χ1v) is 13.1. The van der Waals surface area contributed by atoms with E-state index in [0.29, 0.717) is 0 Å². The maximum Gasteiger partial charge on any atom is 0.261 e. The van der Waals surface area contributed by atoms with Crippen LogP contribution >= 0.6 is 11.6 Å². The van der Waals surface area contributed by atoms with Crippen LogP contribution < -0.4 is 10.0 Å². The first-order valence-electron chi connectivity index (χ1n) is 9.62. The molecule has 0 spiro atoms. The van der Waals surface area contributed by atoms with Crippen molar-refractivity contribution in [1.82, 2.24) is 5.32 Å². The number of hydrogen-bond donors (Lipinski definition) is 2. The summed E-state index contributed by atoms with van der Waals surface area (Å²) in [6.07, 6.45) is 0.217. The minimum absolute atomic E-state index is 0.100. The SMILES string of the molecule is O=C(NCCCS(=O)(=O)c1ccccc1)c1cccc(S(=O)(=O)Nc2ccccc2Cl)c1. The van der Waals surface area contributed by atoms with E-state index in [2.05, 4.69) is 10.0 Å². The normalized spacial score (nSPS) is 11.7. The summed E-state index contributed by atoms with van der Waals surface area (Å²) in [5, 5.41) is 2.87. The first kappa shape index (κ1) is 23.8. The van der Waals surface area contributed by atoms with Gasteiger partial charge in [0.1, 0.15) is 0 Å². The van der Waals surface area contributed by atoms with E-state index in [-0.39, 0.29) is 44.8 Å². The number of benzene rings is 3. The number of rotatable bonds is 9. The monoisotopic (exact) mass is 492 g/mol. The highest BCUT2D eigenvalue weighted by molar-refractivity contribution is 7.92. The Morgan fingerprint density at radius 1 is 0.812 bits per heavy atom. The zero-order chi connectivity index (χ0) is 23.2. The fourth-order valence-corrected chi connectivity index (χ4v) is 5.56. The van der Waals surface area contributed by atoms with E-state index in [0.717, 1.165) is 0 Å². The summed E-state index contributed by atoms with van der Waals surface area (Å²) in [4.78, 5) is 12.6. The van der Waals surface area contributed by atoms with Crippen molar-refractivity contribution in [3.63, 3.8) is 0 Å². The molecule has 0 saturated heterocycles. The lowest BCUT2D eigenvalue weighted by Gasteiger charge is -2.11. The number of carbonyl (C=O) groups is 1. The van der Waals surface area contributed by atoms with Gasteiger partial charge in [0.05, 0.1) is 26.3 Å². The van der Waals surface area contributed by atoms with Gasteiger partial charge >= 0.3 is 0 Å². The summed E-state index contributed by atoms with van der Waals surface area (Å²) in [5.74, 6) is -0.620. The third-order valence-electron chi connectivity index (χ3n) is 4.50. The van der Waals surface area contributed by atoms with Gasteiger partial charge in [-0.1, -0.05) is 48.0 Å². The molecule has 32 heavy (non-hydrogen) atoms. The van der Waals surface area contributed by atoms with Gasteiger partial charge in [0.25, 0.3) is 15.9 Å². The van der Waals surface area contributed by atoms with Crippen LogP contribution in [-0.4, -0.2) is 35.0 Å². The van der Waals surface area contributed by atoms with Gasteiger partial charge in [-0.05, 0) is 48.9 Å². The molecule has 0 aliphatic heterocycles. The third kappa shape index (κ3) is 6.09. The second-order valence-electron chi connectivity index (χ2n) is 6.85. The molecule has 0 aliphatic carbocycles. The Labute approximate surface area is 192 Å². The van der Waals surface area contributed by atoms with Gasteiger partial charge < -0.3 is 5.32 Å². The first-order chi connectivity index (χ1) is 15.2. The average Bonchev–Trinajstić information content (AvgIpc) is 2.79. The Morgan fingerprint density at radius 2 is 1.47 bits per heavy atom. The summed E-state index contributed by atoms with van der Waals surface area (Å²) >= 11 is 6.01. The lowest BCUT2D eigenvalue weighted by Crippen LogP contribution is -2.26. The number of nitrogens with one attached hydrogen (secondary N) is 2. The summed E-state index contributed by atoms with van der Waals surface area (Å²) in [6, 6.07) is 20.0. The van der Waals surface area contributed by atoms with E-state index >= 15 is 0 Å². The molecular formula is C22H21ClN2O5S2. The maximum atomic E-state index is 12.7. The molecule has 2 N–H and O–H groups in total. The fourth-order valence-electron chi connectivity index (χ4n) is 2.86. The molecule has 0 radical (unpaired) electrons. The second-order valence-corrected chi connectivity index (χ2v) is 11.1. The van der Waals surface area contributed by atoms with E-state index in [4.69, 9.17) is 11.6 Å². The molecule has 0 aromatic heterocycles. The molecular weight excluding hydrogens is 472 g/mol. The van der Waals surface area contributed by atoms with Crippen molar-refractivity contribution in [3.05, 3.63) is 89.4 Å². The molecule has 0 atom stereocenters. The smallest absolute Gasteiger partial charge is 0.261 e. The Balaban J connectivity index is 1.61. The Bertz CT molecular complexity index is 1310. The van der Waals surface area contributed by atoms with Gasteiger partial charge in [0.2, 0.25) is 0 Å². The van der Waals surface area contributed by atoms with Gasteiger partial charge in [0.15, 0.2) is 9.84 Å². The van der Waals surface area contributed by atoms with Crippen molar-refractivity contribution in [2.24, 2.45) is 0 Å². The molecule has 3 aromatic carbocycles. The topological polar surface area (TPSA) is 109 Å². The van der Waals surface area contributed by atoms with Gasteiger partial charge in [-0.15, -0.1) is 0 Å². The molecule has 3 aromatic rings. The van der Waals surface area contributed by atoms with Gasteiger partial charge in [-0.3, -0.25) is 9.52 Å². The molecule has 1 amide bonds. The number of carbonyl (C=O) groups excluding carboxylic acids is 1. The number of halogens is 1. The number of sulfone groups is 1. The number of sulfonamides is 1. The van der Waals surface area contributed by atoms with Crippen LogP contribution in [0.3, 0.4) is 0 Å². The summed E-state index contributed by atoms with van der Waals surface area (Å²) in [7, 11) is -7.39. The van der Waals surface area contributed by atoms with Crippen LogP contribution in [0.4, 0.5) is 5.69 Å². The van der Waals surface area contributed by atoms with E-state index in [1.165, 1.54) is 42.5 Å². The minimum Gasteiger partial charge on any atom is -0.352 e. The van der Waals surface area contributed by atoms with Crippen LogP contribution in [0.2, 0.25) is 5.02 Å². The minimum atomic E-state index is -3.96. The number of amides is 1. The molecule has 0 aliphatic rings. The molecule has 0 saturated carbocycles. The summed E-state index contributed by atoms with van der Waals surface area (Å²) in [6.45, 7) is 0.125. The molecule has 0 heterocycles. The molecule has 0 fully saturated rings. The van der Waals surface area contributed by atoms with Crippen molar-refractivity contribution in [1.29, 1.82) is 0 Å². The number of anilines is 1. The van der Waals surface area contributed by atoms with Crippen molar-refractivity contribution in [2.75, 3.05) is 17.0 Å². The summed E-state index contributed by atoms with van der Waals surface area (Å²) in [5.41, 5.74) is 0.363. The Hall–Kier alpha value is -2.88. The lowest BCUT2D eigenvalue weighted by atomic mass is 10.2. The largest absolute Gasteiger partial charge is 0.352 e. The van der Waals surface area contributed by atoms with Crippen molar-refractivity contribution in [2.45, 2.75) is 16.2 Å². The van der Waals surface area contributed by atoms with E-state index < -0.39 is 25.8 Å². The Kier molecular flexibility index (Phi) is 7.55. The zero-order valence-corrected chi connectivity index (χ0v) is 19.3. The van der Waals surface area contributed by atoms with Crippen LogP contribution in [0.1, 0.15) is 16.8 Å². The molecule has 7 nitrogen and oxygen atoms in total. The Morgan fingerprint density at radius 3 is 2.19 bits per heavy atom. The van der Waals surface area contributed by atoms with Gasteiger partial charge in [0, 0.05) is 12.1 Å². The highest BCUT2D eigenvalue weighted by atomic mass is 35.5. The van der Waals surface area contributed by atoms with E-state index in [1.54, 1.807) is 36.4 Å². The highest BCUT2D eigenvalue weighted by Gasteiger charge is 2.18. The predicted octanol–water partition coefficient (Wildman–Crippen LogP) is 3.73. The maximum absolute atomic E-state index is 12.7. The molecule has 0 unspecified atom stereocenters. The molecule has 0 bridgehead atoms. The predicted molar refractivity (Wildman–Crippen MR) is 124 cm³/mol. The second kappa shape index (κ2) is 10.2. The van der Waals surface area contributed by atoms with Crippen molar-refractivity contribution >= 4 is 43.1 Å². The van der Waals surface area contributed by atoms with E-state index in [1.807, 2.05) is 0 Å². The van der Waals surface area contributed by atoms with Gasteiger partial charge in [-0.2, -0.15) is 0 Å². The van der Waals surface area contributed by atoms with Crippen LogP contribution in [0.25, 0.3) is 0 Å². The molecule has 10 heteroatoms. The lowest BCUT2D eigenvalue weighted by molar-refractivity contribution is 0.0953. The van der Waals surface area contributed by atoms with Crippen LogP contribution in [-0.2, 0) is 19.9 Å². The number of para-hydroxylation sites is 1. The van der Waals surface area contributed by atoms with Crippen molar-refractivity contribution in [3.8, 4) is 0 Å². The van der Waals surface area contributed by atoms with Gasteiger partial charge in [-0.25, -0.2) is 16.8 Å². The molecule has 168 valence electrons. The third-order valence-corrected chi connectivity index (χ3v) is 8.01. The number of hydrogen-bond acceptors (Lipinski definition) is 5. The highest BCUT2D eigenvalue weighted by Crippen LogP contribution is 2.24. The standard InChI is InChI=1S/C22H21ClN2O5S2/c23-20-12-4-5-13-21(20)25-32(29,30)19-11-6-8-17(16-19)22(26)24-14-7-15-31(27,28)18-9-2-1-3-10-18/h1-6,8-13,16,25H,7,14-15H2,(H,24,26). The quantitative estimate of drug-likeness (QED) is 0.442. The van der Waals surface area contributed by atoms with Crippen LogP contribution in [0, 0.1) is 0 Å². The zero-order valence-electron chi connectivity index (χ0n) is 16.9. The molecule has 3 rings (SSSR count).